The average Bonchev–Trinajstić information content (AvgIpc) is 3.18. The summed E-state index contributed by atoms with van der Waals surface area (Å²) in [5, 5.41) is 7.42. The SMILES string of the molecule is O=C(NCCCn1ccc2cnc(Nc3cccc(N4CCOCC4)c3)nc21)C1CCC1. The molecule has 1 aliphatic carbocycles. The molecule has 2 fully saturated rings. The van der Waals surface area contributed by atoms with E-state index < -0.39 is 0 Å². The Hall–Kier alpha value is -3.13. The van der Waals surface area contributed by atoms with Gasteiger partial charge in [0.2, 0.25) is 11.9 Å². The van der Waals surface area contributed by atoms with Crippen LogP contribution >= 0.6 is 0 Å². The standard InChI is InChI=1S/C24H30N6O2/c31-23(18-4-1-5-18)25-9-3-10-30-11-8-19-17-26-24(28-22(19)30)27-20-6-2-7-21(16-20)29-12-14-32-15-13-29/h2,6-8,11,16-18H,1,3-5,9-10,12-15H2,(H,25,31)(H,26,27,28). The zero-order chi connectivity index (χ0) is 21.8. The van der Waals surface area contributed by atoms with Gasteiger partial charge < -0.3 is 24.8 Å². The molecule has 1 aliphatic heterocycles. The van der Waals surface area contributed by atoms with Gasteiger partial charge in [0.05, 0.1) is 13.2 Å². The van der Waals surface area contributed by atoms with Gasteiger partial charge in [0.15, 0.2) is 0 Å². The second-order valence-electron chi connectivity index (χ2n) is 8.53. The highest BCUT2D eigenvalue weighted by molar-refractivity contribution is 5.79. The van der Waals surface area contributed by atoms with E-state index in [0.29, 0.717) is 12.5 Å². The molecule has 0 spiro atoms. The first-order chi connectivity index (χ1) is 15.8. The van der Waals surface area contributed by atoms with Crippen LogP contribution in [0.4, 0.5) is 17.3 Å². The van der Waals surface area contributed by atoms with Gasteiger partial charge in [0.25, 0.3) is 0 Å². The van der Waals surface area contributed by atoms with E-state index in [4.69, 9.17) is 9.72 Å². The smallest absolute Gasteiger partial charge is 0.229 e. The number of nitrogens with zero attached hydrogens (tertiary/aromatic N) is 4. The number of ether oxygens (including phenoxy) is 1. The Morgan fingerprint density at radius 1 is 1.19 bits per heavy atom. The molecule has 0 atom stereocenters. The molecule has 8 heteroatoms. The molecule has 2 aliphatic rings. The van der Waals surface area contributed by atoms with Gasteiger partial charge in [-0.05, 0) is 43.5 Å². The van der Waals surface area contributed by atoms with Crippen molar-refractivity contribution in [2.24, 2.45) is 5.92 Å². The number of nitrogens with one attached hydrogen (secondary N) is 2. The molecule has 5 rings (SSSR count). The molecule has 168 valence electrons. The first kappa shape index (κ1) is 20.8. The van der Waals surface area contributed by atoms with E-state index in [0.717, 1.165) is 68.8 Å². The van der Waals surface area contributed by atoms with E-state index in [1.165, 1.54) is 12.1 Å². The van der Waals surface area contributed by atoms with E-state index in [1.807, 2.05) is 30.6 Å². The number of rotatable bonds is 8. The lowest BCUT2D eigenvalue weighted by molar-refractivity contribution is -0.127. The molecule has 1 saturated heterocycles. The Balaban J connectivity index is 1.22. The average molecular weight is 435 g/mol. The highest BCUT2D eigenvalue weighted by Gasteiger charge is 2.24. The van der Waals surface area contributed by atoms with Crippen LogP contribution in [0, 0.1) is 5.92 Å². The first-order valence-corrected chi connectivity index (χ1v) is 11.6. The summed E-state index contributed by atoms with van der Waals surface area (Å²) in [5.74, 6) is 1.03. The van der Waals surface area contributed by atoms with Gasteiger partial charge in [-0.15, -0.1) is 0 Å². The number of anilines is 3. The van der Waals surface area contributed by atoms with Crippen molar-refractivity contribution in [3.8, 4) is 0 Å². The molecule has 32 heavy (non-hydrogen) atoms. The fraction of sp³-hybridized carbons (Fsp3) is 0.458. The van der Waals surface area contributed by atoms with Gasteiger partial charge in [0, 0.05) is 61.3 Å². The summed E-state index contributed by atoms with van der Waals surface area (Å²) in [6.07, 6.45) is 8.02. The van der Waals surface area contributed by atoms with Gasteiger partial charge in [-0.25, -0.2) is 4.98 Å². The predicted octanol–water partition coefficient (Wildman–Crippen LogP) is 3.32. The molecular formula is C24H30N6O2. The van der Waals surface area contributed by atoms with Gasteiger partial charge in [-0.1, -0.05) is 12.5 Å². The van der Waals surface area contributed by atoms with E-state index >= 15 is 0 Å². The zero-order valence-electron chi connectivity index (χ0n) is 18.3. The Bertz CT molecular complexity index is 1070. The van der Waals surface area contributed by atoms with Crippen molar-refractivity contribution < 1.29 is 9.53 Å². The van der Waals surface area contributed by atoms with Crippen molar-refractivity contribution in [1.29, 1.82) is 0 Å². The van der Waals surface area contributed by atoms with Crippen LogP contribution in [0.3, 0.4) is 0 Å². The number of hydrogen-bond acceptors (Lipinski definition) is 6. The maximum atomic E-state index is 12.0. The Morgan fingerprint density at radius 2 is 2.06 bits per heavy atom. The summed E-state index contributed by atoms with van der Waals surface area (Å²) in [4.78, 5) is 23.6. The third-order valence-electron chi connectivity index (χ3n) is 6.33. The third kappa shape index (κ3) is 4.70. The fourth-order valence-electron chi connectivity index (χ4n) is 4.22. The van der Waals surface area contributed by atoms with E-state index in [-0.39, 0.29) is 11.8 Å². The van der Waals surface area contributed by atoms with Crippen LogP contribution in [0.25, 0.3) is 11.0 Å². The molecule has 3 aromatic rings. The van der Waals surface area contributed by atoms with Crippen LogP contribution in [-0.2, 0) is 16.1 Å². The van der Waals surface area contributed by atoms with Crippen LogP contribution in [0.2, 0.25) is 0 Å². The number of amides is 1. The van der Waals surface area contributed by atoms with Crippen LogP contribution < -0.4 is 15.5 Å². The van der Waals surface area contributed by atoms with Crippen LogP contribution in [0.5, 0.6) is 0 Å². The maximum Gasteiger partial charge on any atom is 0.229 e. The molecule has 2 aromatic heterocycles. The topological polar surface area (TPSA) is 84.3 Å². The van der Waals surface area contributed by atoms with E-state index in [9.17, 15) is 4.79 Å². The quantitative estimate of drug-likeness (QED) is 0.529. The molecular weight excluding hydrogens is 404 g/mol. The number of hydrogen-bond donors (Lipinski definition) is 2. The molecule has 8 nitrogen and oxygen atoms in total. The van der Waals surface area contributed by atoms with Gasteiger partial charge >= 0.3 is 0 Å². The van der Waals surface area contributed by atoms with Crippen molar-refractivity contribution in [3.63, 3.8) is 0 Å². The minimum Gasteiger partial charge on any atom is -0.378 e. The van der Waals surface area contributed by atoms with Crippen molar-refractivity contribution in [2.75, 3.05) is 43.1 Å². The molecule has 1 saturated carbocycles. The molecule has 0 unspecified atom stereocenters. The number of fused-ring (bicyclic) bond motifs is 1. The normalized spacial score (nSPS) is 16.7. The summed E-state index contributed by atoms with van der Waals surface area (Å²) < 4.78 is 7.58. The lowest BCUT2D eigenvalue weighted by Gasteiger charge is -2.29. The summed E-state index contributed by atoms with van der Waals surface area (Å²) in [5.41, 5.74) is 3.04. The number of carbonyl (C=O) groups is 1. The van der Waals surface area contributed by atoms with E-state index in [1.54, 1.807) is 0 Å². The Morgan fingerprint density at radius 3 is 2.88 bits per heavy atom. The second kappa shape index (κ2) is 9.56. The van der Waals surface area contributed by atoms with Crippen LogP contribution in [-0.4, -0.2) is 53.3 Å². The lowest BCUT2D eigenvalue weighted by Crippen LogP contribution is -2.36. The van der Waals surface area contributed by atoms with Crippen molar-refractivity contribution in [3.05, 3.63) is 42.7 Å². The molecule has 3 heterocycles. The Labute approximate surface area is 188 Å². The number of carbonyl (C=O) groups excluding carboxylic acids is 1. The van der Waals surface area contributed by atoms with Crippen molar-refractivity contribution in [2.45, 2.75) is 32.2 Å². The maximum absolute atomic E-state index is 12.0. The van der Waals surface area contributed by atoms with Crippen molar-refractivity contribution in [1.82, 2.24) is 19.9 Å². The summed E-state index contributed by atoms with van der Waals surface area (Å²) >= 11 is 0. The zero-order valence-corrected chi connectivity index (χ0v) is 18.3. The minimum absolute atomic E-state index is 0.210. The fourth-order valence-corrected chi connectivity index (χ4v) is 4.22. The van der Waals surface area contributed by atoms with E-state index in [2.05, 4.69) is 37.2 Å². The highest BCUT2D eigenvalue weighted by atomic mass is 16.5. The molecule has 0 bridgehead atoms. The predicted molar refractivity (Wildman–Crippen MR) is 125 cm³/mol. The van der Waals surface area contributed by atoms with Crippen molar-refractivity contribution >= 4 is 34.3 Å². The number of benzene rings is 1. The van der Waals surface area contributed by atoms with Gasteiger partial charge in [0.1, 0.15) is 5.65 Å². The Kier molecular flexibility index (Phi) is 6.20. The summed E-state index contributed by atoms with van der Waals surface area (Å²) in [6.45, 7) is 4.83. The number of aryl methyl sites for hydroxylation is 1. The van der Waals surface area contributed by atoms with Gasteiger partial charge in [-0.3, -0.25) is 4.79 Å². The first-order valence-electron chi connectivity index (χ1n) is 11.6. The summed E-state index contributed by atoms with van der Waals surface area (Å²) in [6, 6.07) is 10.4. The molecule has 1 aromatic carbocycles. The monoisotopic (exact) mass is 434 g/mol. The van der Waals surface area contributed by atoms with Crippen LogP contribution in [0.15, 0.2) is 42.7 Å². The van der Waals surface area contributed by atoms with Gasteiger partial charge in [-0.2, -0.15) is 4.98 Å². The molecule has 1 amide bonds. The third-order valence-corrected chi connectivity index (χ3v) is 6.33. The second-order valence-corrected chi connectivity index (χ2v) is 8.53. The minimum atomic E-state index is 0.210. The number of aromatic nitrogens is 3. The largest absolute Gasteiger partial charge is 0.378 e. The lowest BCUT2D eigenvalue weighted by atomic mass is 9.85. The number of morpholine rings is 1. The highest BCUT2D eigenvalue weighted by Crippen LogP contribution is 2.26. The molecule has 2 N–H and O–H groups in total. The van der Waals surface area contributed by atoms with Crippen LogP contribution in [0.1, 0.15) is 25.7 Å². The molecule has 0 radical (unpaired) electrons. The summed E-state index contributed by atoms with van der Waals surface area (Å²) in [7, 11) is 0.